The molecule has 18 heavy (non-hydrogen) atoms. The highest BCUT2D eigenvalue weighted by molar-refractivity contribution is 5.95. The molecule has 0 aliphatic rings. The van der Waals surface area contributed by atoms with Crippen molar-refractivity contribution in [3.05, 3.63) is 29.1 Å². The molecule has 1 atom stereocenters. The molecule has 4 nitrogen and oxygen atoms in total. The lowest BCUT2D eigenvalue weighted by atomic mass is 10.0. The van der Waals surface area contributed by atoms with E-state index in [0.717, 1.165) is 12.1 Å². The SMILES string of the molecule is CCCC(C)(O)CNC(=O)c1ccc(C)nc1C. The van der Waals surface area contributed by atoms with Gasteiger partial charge in [0.25, 0.3) is 5.91 Å². The van der Waals surface area contributed by atoms with Gasteiger partial charge in [0, 0.05) is 12.2 Å². The van der Waals surface area contributed by atoms with Crippen LogP contribution in [-0.4, -0.2) is 28.1 Å². The van der Waals surface area contributed by atoms with E-state index < -0.39 is 5.60 Å². The molecule has 0 fully saturated rings. The van der Waals surface area contributed by atoms with Crippen molar-refractivity contribution in [2.45, 2.75) is 46.1 Å². The Kier molecular flexibility index (Phi) is 4.84. The van der Waals surface area contributed by atoms with E-state index in [0.29, 0.717) is 17.7 Å². The summed E-state index contributed by atoms with van der Waals surface area (Å²) >= 11 is 0. The summed E-state index contributed by atoms with van der Waals surface area (Å²) in [6.45, 7) is 7.70. The predicted octanol–water partition coefficient (Wildman–Crippen LogP) is 1.98. The van der Waals surface area contributed by atoms with Crippen LogP contribution in [0.4, 0.5) is 0 Å². The van der Waals surface area contributed by atoms with Gasteiger partial charge in [-0.1, -0.05) is 13.3 Å². The third-order valence-electron chi connectivity index (χ3n) is 2.89. The predicted molar refractivity (Wildman–Crippen MR) is 71.6 cm³/mol. The Morgan fingerprint density at radius 2 is 2.11 bits per heavy atom. The number of hydrogen-bond acceptors (Lipinski definition) is 3. The molecule has 0 radical (unpaired) electrons. The highest BCUT2D eigenvalue weighted by Gasteiger charge is 2.20. The van der Waals surface area contributed by atoms with E-state index in [2.05, 4.69) is 10.3 Å². The second kappa shape index (κ2) is 5.96. The summed E-state index contributed by atoms with van der Waals surface area (Å²) < 4.78 is 0. The van der Waals surface area contributed by atoms with Gasteiger partial charge in [0.05, 0.1) is 16.9 Å². The number of aromatic nitrogens is 1. The molecule has 0 saturated heterocycles. The fraction of sp³-hybridized carbons (Fsp3) is 0.571. The topological polar surface area (TPSA) is 62.2 Å². The van der Waals surface area contributed by atoms with Crippen molar-refractivity contribution in [3.8, 4) is 0 Å². The Bertz CT molecular complexity index is 428. The number of nitrogens with zero attached hydrogens (tertiary/aromatic N) is 1. The van der Waals surface area contributed by atoms with Crippen LogP contribution in [0.15, 0.2) is 12.1 Å². The normalized spacial score (nSPS) is 14.1. The Balaban J connectivity index is 2.66. The first kappa shape index (κ1) is 14.6. The minimum atomic E-state index is -0.851. The van der Waals surface area contributed by atoms with Crippen molar-refractivity contribution >= 4 is 5.91 Å². The molecular formula is C14H22N2O2. The van der Waals surface area contributed by atoms with Crippen LogP contribution in [-0.2, 0) is 0 Å². The summed E-state index contributed by atoms with van der Waals surface area (Å²) in [5.74, 6) is -0.184. The van der Waals surface area contributed by atoms with Crippen LogP contribution in [0.25, 0.3) is 0 Å². The van der Waals surface area contributed by atoms with Crippen LogP contribution in [0.5, 0.6) is 0 Å². The summed E-state index contributed by atoms with van der Waals surface area (Å²) in [7, 11) is 0. The zero-order valence-corrected chi connectivity index (χ0v) is 11.6. The Hall–Kier alpha value is -1.42. The molecule has 1 amide bonds. The molecule has 4 heteroatoms. The van der Waals surface area contributed by atoms with Crippen LogP contribution in [0.2, 0.25) is 0 Å². The Morgan fingerprint density at radius 3 is 2.67 bits per heavy atom. The quantitative estimate of drug-likeness (QED) is 0.840. The average Bonchev–Trinajstić information content (AvgIpc) is 2.26. The lowest BCUT2D eigenvalue weighted by Crippen LogP contribution is -2.40. The van der Waals surface area contributed by atoms with Gasteiger partial charge >= 0.3 is 0 Å². The van der Waals surface area contributed by atoms with Crippen molar-refractivity contribution in [3.63, 3.8) is 0 Å². The molecule has 2 N–H and O–H groups in total. The molecule has 0 bridgehead atoms. The van der Waals surface area contributed by atoms with Crippen molar-refractivity contribution in [2.24, 2.45) is 0 Å². The smallest absolute Gasteiger partial charge is 0.253 e. The van der Waals surface area contributed by atoms with Gasteiger partial charge in [-0.2, -0.15) is 0 Å². The average molecular weight is 250 g/mol. The van der Waals surface area contributed by atoms with E-state index in [1.54, 1.807) is 13.0 Å². The first-order valence-corrected chi connectivity index (χ1v) is 6.30. The molecule has 0 aliphatic heterocycles. The fourth-order valence-electron chi connectivity index (χ4n) is 1.92. The van der Waals surface area contributed by atoms with Gasteiger partial charge in [0.2, 0.25) is 0 Å². The van der Waals surface area contributed by atoms with Gasteiger partial charge in [-0.3, -0.25) is 9.78 Å². The van der Waals surface area contributed by atoms with E-state index in [1.165, 1.54) is 0 Å². The number of carbonyl (C=O) groups excluding carboxylic acids is 1. The van der Waals surface area contributed by atoms with E-state index >= 15 is 0 Å². The lowest BCUT2D eigenvalue weighted by Gasteiger charge is -2.23. The second-order valence-corrected chi connectivity index (χ2v) is 5.02. The van der Waals surface area contributed by atoms with E-state index in [9.17, 15) is 9.90 Å². The maximum Gasteiger partial charge on any atom is 0.253 e. The highest BCUT2D eigenvalue weighted by Crippen LogP contribution is 2.11. The highest BCUT2D eigenvalue weighted by atomic mass is 16.3. The first-order valence-electron chi connectivity index (χ1n) is 6.30. The van der Waals surface area contributed by atoms with Gasteiger partial charge in [-0.25, -0.2) is 0 Å². The number of rotatable bonds is 5. The summed E-state index contributed by atoms with van der Waals surface area (Å²) in [6, 6.07) is 3.58. The van der Waals surface area contributed by atoms with E-state index in [4.69, 9.17) is 0 Å². The minimum absolute atomic E-state index is 0.184. The van der Waals surface area contributed by atoms with Crippen molar-refractivity contribution in [2.75, 3.05) is 6.54 Å². The monoisotopic (exact) mass is 250 g/mol. The lowest BCUT2D eigenvalue weighted by molar-refractivity contribution is 0.0469. The minimum Gasteiger partial charge on any atom is -0.388 e. The van der Waals surface area contributed by atoms with Crippen LogP contribution < -0.4 is 5.32 Å². The fourth-order valence-corrected chi connectivity index (χ4v) is 1.92. The van der Waals surface area contributed by atoms with Gasteiger partial charge < -0.3 is 10.4 Å². The number of aliphatic hydroxyl groups is 1. The zero-order valence-electron chi connectivity index (χ0n) is 11.6. The number of carbonyl (C=O) groups is 1. The molecule has 100 valence electrons. The van der Waals surface area contributed by atoms with Crippen LogP contribution in [0.1, 0.15) is 48.4 Å². The molecule has 1 aromatic heterocycles. The van der Waals surface area contributed by atoms with Crippen LogP contribution in [0.3, 0.4) is 0 Å². The summed E-state index contributed by atoms with van der Waals surface area (Å²) in [6.07, 6.45) is 1.55. The number of amides is 1. The maximum atomic E-state index is 12.0. The summed E-state index contributed by atoms with van der Waals surface area (Å²) in [5, 5.41) is 12.7. The molecule has 1 unspecified atom stereocenters. The Labute approximate surface area is 108 Å². The number of pyridine rings is 1. The summed E-state index contributed by atoms with van der Waals surface area (Å²) in [4.78, 5) is 16.2. The zero-order chi connectivity index (χ0) is 13.8. The van der Waals surface area contributed by atoms with Crippen LogP contribution >= 0.6 is 0 Å². The molecular weight excluding hydrogens is 228 g/mol. The Morgan fingerprint density at radius 1 is 1.44 bits per heavy atom. The van der Waals surface area contributed by atoms with E-state index in [-0.39, 0.29) is 12.5 Å². The third kappa shape index (κ3) is 4.11. The van der Waals surface area contributed by atoms with Gasteiger partial charge in [0.1, 0.15) is 0 Å². The van der Waals surface area contributed by atoms with Crippen molar-refractivity contribution < 1.29 is 9.90 Å². The van der Waals surface area contributed by atoms with Gasteiger partial charge in [-0.15, -0.1) is 0 Å². The largest absolute Gasteiger partial charge is 0.388 e. The van der Waals surface area contributed by atoms with Crippen molar-refractivity contribution in [1.29, 1.82) is 0 Å². The summed E-state index contributed by atoms with van der Waals surface area (Å²) in [5.41, 5.74) is 1.31. The number of hydrogen-bond donors (Lipinski definition) is 2. The molecule has 0 aliphatic carbocycles. The molecule has 1 rings (SSSR count). The third-order valence-corrected chi connectivity index (χ3v) is 2.89. The molecule has 0 spiro atoms. The molecule has 0 saturated carbocycles. The molecule has 1 heterocycles. The first-order chi connectivity index (χ1) is 8.35. The molecule has 1 aromatic rings. The maximum absolute atomic E-state index is 12.0. The standard InChI is InChI=1S/C14H22N2O2/c1-5-8-14(4,18)9-15-13(17)12-7-6-10(2)16-11(12)3/h6-7,18H,5,8-9H2,1-4H3,(H,15,17). The second-order valence-electron chi connectivity index (χ2n) is 5.02. The van der Waals surface area contributed by atoms with E-state index in [1.807, 2.05) is 26.8 Å². The van der Waals surface area contributed by atoms with Gasteiger partial charge in [0.15, 0.2) is 0 Å². The number of aryl methyl sites for hydroxylation is 2. The number of nitrogens with one attached hydrogen (secondary N) is 1. The van der Waals surface area contributed by atoms with Crippen molar-refractivity contribution in [1.82, 2.24) is 10.3 Å². The van der Waals surface area contributed by atoms with Crippen LogP contribution in [0, 0.1) is 13.8 Å². The molecule has 0 aromatic carbocycles. The van der Waals surface area contributed by atoms with Gasteiger partial charge in [-0.05, 0) is 39.3 Å².